The van der Waals surface area contributed by atoms with Crippen LogP contribution in [0.1, 0.15) is 17.9 Å². The molecule has 1 aromatic rings. The van der Waals surface area contributed by atoms with Gasteiger partial charge in [0.2, 0.25) is 5.91 Å². The van der Waals surface area contributed by atoms with Crippen molar-refractivity contribution in [1.82, 2.24) is 5.32 Å². The van der Waals surface area contributed by atoms with E-state index in [1.54, 1.807) is 7.11 Å². The number of methoxy groups -OCH3 is 2. The molecular formula is C14H19NO3. The first-order chi connectivity index (χ1) is 8.74. The quantitative estimate of drug-likeness (QED) is 0.832. The zero-order valence-electron chi connectivity index (χ0n) is 10.8. The molecule has 2 unspecified atom stereocenters. The average Bonchev–Trinajstić information content (AvgIpc) is 3.16. The lowest BCUT2D eigenvalue weighted by Crippen LogP contribution is -2.29. The predicted octanol–water partition coefficient (Wildman–Crippen LogP) is 1.56. The molecule has 4 nitrogen and oxygen atoms in total. The van der Waals surface area contributed by atoms with E-state index in [0.29, 0.717) is 11.8 Å². The van der Waals surface area contributed by atoms with E-state index < -0.39 is 0 Å². The van der Waals surface area contributed by atoms with Gasteiger partial charge in [0, 0.05) is 13.7 Å². The maximum atomic E-state index is 11.3. The molecule has 1 aromatic carbocycles. The van der Waals surface area contributed by atoms with E-state index in [-0.39, 0.29) is 12.5 Å². The van der Waals surface area contributed by atoms with Crippen molar-refractivity contribution in [3.05, 3.63) is 29.8 Å². The van der Waals surface area contributed by atoms with Crippen LogP contribution in [0.25, 0.3) is 0 Å². The summed E-state index contributed by atoms with van der Waals surface area (Å²) in [5.74, 6) is 1.93. The van der Waals surface area contributed by atoms with Crippen molar-refractivity contribution in [2.24, 2.45) is 5.92 Å². The zero-order valence-corrected chi connectivity index (χ0v) is 10.8. The van der Waals surface area contributed by atoms with Crippen molar-refractivity contribution in [2.45, 2.75) is 12.3 Å². The van der Waals surface area contributed by atoms with Gasteiger partial charge in [0.15, 0.2) is 0 Å². The molecule has 1 saturated carbocycles. The highest BCUT2D eigenvalue weighted by atomic mass is 16.5. The first kappa shape index (κ1) is 12.9. The third-order valence-electron chi connectivity index (χ3n) is 3.28. The summed E-state index contributed by atoms with van der Waals surface area (Å²) in [4.78, 5) is 11.3. The van der Waals surface area contributed by atoms with Gasteiger partial charge in [-0.2, -0.15) is 0 Å². The molecule has 18 heavy (non-hydrogen) atoms. The van der Waals surface area contributed by atoms with Crippen LogP contribution < -0.4 is 10.1 Å². The number of rotatable bonds is 6. The van der Waals surface area contributed by atoms with Crippen LogP contribution in [-0.4, -0.2) is 33.3 Å². The van der Waals surface area contributed by atoms with Crippen molar-refractivity contribution < 1.29 is 14.3 Å². The smallest absolute Gasteiger partial charge is 0.245 e. The van der Waals surface area contributed by atoms with Gasteiger partial charge in [-0.05, 0) is 36.0 Å². The van der Waals surface area contributed by atoms with Crippen LogP contribution in [0.15, 0.2) is 24.3 Å². The maximum absolute atomic E-state index is 11.3. The lowest BCUT2D eigenvalue weighted by Gasteiger charge is -2.05. The number of nitrogens with one attached hydrogen (secondary N) is 1. The lowest BCUT2D eigenvalue weighted by atomic mass is 10.1. The highest BCUT2D eigenvalue weighted by Crippen LogP contribution is 2.47. The third-order valence-corrected chi connectivity index (χ3v) is 3.28. The fourth-order valence-electron chi connectivity index (χ4n) is 2.18. The number of ether oxygens (including phenoxy) is 2. The molecular weight excluding hydrogens is 230 g/mol. The Bertz CT molecular complexity index is 419. The Labute approximate surface area is 107 Å². The summed E-state index contributed by atoms with van der Waals surface area (Å²) < 4.78 is 9.98. The van der Waals surface area contributed by atoms with E-state index in [1.807, 2.05) is 12.1 Å². The van der Waals surface area contributed by atoms with Gasteiger partial charge < -0.3 is 14.8 Å². The van der Waals surface area contributed by atoms with Crippen molar-refractivity contribution in [1.29, 1.82) is 0 Å². The van der Waals surface area contributed by atoms with Crippen LogP contribution in [-0.2, 0) is 9.53 Å². The third kappa shape index (κ3) is 3.23. The van der Waals surface area contributed by atoms with E-state index in [9.17, 15) is 4.79 Å². The van der Waals surface area contributed by atoms with Crippen molar-refractivity contribution in [3.63, 3.8) is 0 Å². The molecule has 0 spiro atoms. The minimum atomic E-state index is -0.0474. The average molecular weight is 249 g/mol. The number of hydrogen-bond donors (Lipinski definition) is 1. The van der Waals surface area contributed by atoms with Crippen molar-refractivity contribution >= 4 is 5.91 Å². The second-order valence-corrected chi connectivity index (χ2v) is 4.62. The van der Waals surface area contributed by atoms with Crippen LogP contribution in [0.2, 0.25) is 0 Å². The van der Waals surface area contributed by atoms with Gasteiger partial charge in [0.25, 0.3) is 0 Å². The first-order valence-corrected chi connectivity index (χ1v) is 6.14. The van der Waals surface area contributed by atoms with Crippen LogP contribution in [0.4, 0.5) is 0 Å². The Balaban J connectivity index is 1.81. The molecule has 0 saturated heterocycles. The number of carbonyl (C=O) groups excluding carboxylic acids is 1. The minimum absolute atomic E-state index is 0.0474. The van der Waals surface area contributed by atoms with Crippen LogP contribution in [0.5, 0.6) is 5.75 Å². The highest BCUT2D eigenvalue weighted by molar-refractivity contribution is 5.77. The van der Waals surface area contributed by atoms with Crippen LogP contribution in [0, 0.1) is 5.92 Å². The van der Waals surface area contributed by atoms with Gasteiger partial charge in [0.05, 0.1) is 7.11 Å². The molecule has 2 atom stereocenters. The Morgan fingerprint density at radius 1 is 1.44 bits per heavy atom. The summed E-state index contributed by atoms with van der Waals surface area (Å²) in [5, 5.41) is 2.88. The number of amides is 1. The number of hydrogen-bond acceptors (Lipinski definition) is 3. The Morgan fingerprint density at radius 3 is 3.00 bits per heavy atom. The molecule has 1 N–H and O–H groups in total. The largest absolute Gasteiger partial charge is 0.497 e. The summed E-state index contributed by atoms with van der Waals surface area (Å²) in [7, 11) is 3.20. The molecule has 1 amide bonds. The van der Waals surface area contributed by atoms with Gasteiger partial charge in [0.1, 0.15) is 12.4 Å². The Morgan fingerprint density at radius 2 is 2.28 bits per heavy atom. The fourth-order valence-corrected chi connectivity index (χ4v) is 2.18. The monoisotopic (exact) mass is 249 g/mol. The van der Waals surface area contributed by atoms with E-state index in [0.717, 1.165) is 18.7 Å². The van der Waals surface area contributed by atoms with Gasteiger partial charge in [-0.1, -0.05) is 12.1 Å². The van der Waals surface area contributed by atoms with Crippen molar-refractivity contribution in [2.75, 3.05) is 27.4 Å². The van der Waals surface area contributed by atoms with Crippen LogP contribution in [0.3, 0.4) is 0 Å². The molecule has 1 fully saturated rings. The predicted molar refractivity (Wildman–Crippen MR) is 68.7 cm³/mol. The molecule has 0 heterocycles. The number of carbonyl (C=O) groups is 1. The summed E-state index contributed by atoms with van der Waals surface area (Å²) in [5.41, 5.74) is 1.29. The van der Waals surface area contributed by atoms with Gasteiger partial charge in [-0.15, -0.1) is 0 Å². The van der Waals surface area contributed by atoms with Gasteiger partial charge in [-0.3, -0.25) is 4.79 Å². The SMILES string of the molecule is COCC(=O)NCC1CC1c1cccc(OC)c1. The maximum Gasteiger partial charge on any atom is 0.245 e. The molecule has 4 heteroatoms. The topological polar surface area (TPSA) is 47.6 Å². The summed E-state index contributed by atoms with van der Waals surface area (Å²) in [6.45, 7) is 0.862. The highest BCUT2D eigenvalue weighted by Gasteiger charge is 2.38. The van der Waals surface area contributed by atoms with E-state index in [1.165, 1.54) is 12.7 Å². The molecule has 1 aliphatic carbocycles. The normalized spacial score (nSPS) is 21.4. The van der Waals surface area contributed by atoms with E-state index >= 15 is 0 Å². The molecule has 0 aromatic heterocycles. The molecule has 2 rings (SSSR count). The fraction of sp³-hybridized carbons (Fsp3) is 0.500. The van der Waals surface area contributed by atoms with Gasteiger partial charge >= 0.3 is 0 Å². The van der Waals surface area contributed by atoms with E-state index in [4.69, 9.17) is 9.47 Å². The molecule has 0 radical (unpaired) electrons. The molecule has 0 aliphatic heterocycles. The second-order valence-electron chi connectivity index (χ2n) is 4.62. The molecule has 0 bridgehead atoms. The Hall–Kier alpha value is -1.55. The summed E-state index contributed by atoms with van der Waals surface area (Å²) in [6.07, 6.45) is 1.13. The molecule has 1 aliphatic rings. The summed E-state index contributed by atoms with van der Waals surface area (Å²) >= 11 is 0. The molecule has 98 valence electrons. The lowest BCUT2D eigenvalue weighted by molar-refractivity contribution is -0.124. The standard InChI is InChI=1S/C14H19NO3/c1-17-9-14(16)15-8-11-7-13(11)10-4-3-5-12(6-10)18-2/h3-6,11,13H,7-9H2,1-2H3,(H,15,16). The van der Waals surface area contributed by atoms with Gasteiger partial charge in [-0.25, -0.2) is 0 Å². The zero-order chi connectivity index (χ0) is 13.0. The summed E-state index contributed by atoms with van der Waals surface area (Å²) in [6, 6.07) is 8.14. The number of benzene rings is 1. The minimum Gasteiger partial charge on any atom is -0.497 e. The second kappa shape index (κ2) is 5.87. The van der Waals surface area contributed by atoms with Crippen molar-refractivity contribution in [3.8, 4) is 5.75 Å². The Kier molecular flexibility index (Phi) is 4.20. The van der Waals surface area contributed by atoms with Crippen LogP contribution >= 0.6 is 0 Å². The van der Waals surface area contributed by atoms with E-state index in [2.05, 4.69) is 17.4 Å². The first-order valence-electron chi connectivity index (χ1n) is 6.14.